The van der Waals surface area contributed by atoms with E-state index in [1.165, 1.54) is 0 Å². The molecule has 11 nitrogen and oxygen atoms in total. The van der Waals surface area contributed by atoms with Gasteiger partial charge in [-0.1, -0.05) is 4.74 Å². The molecule has 19 heavy (non-hydrogen) atoms. The third-order valence-corrected chi connectivity index (χ3v) is 1.48. The minimum absolute atomic E-state index is 0. The van der Waals surface area contributed by atoms with E-state index in [1.807, 2.05) is 0 Å². The van der Waals surface area contributed by atoms with Crippen LogP contribution in [0.3, 0.4) is 0 Å². The van der Waals surface area contributed by atoms with E-state index in [1.54, 1.807) is 0 Å². The smallest absolute Gasteiger partial charge is 0.550 e. The molecule has 102 valence electrons. The standard InChI is InChI=1S/C6H8O7.CO4.Na/c7-3(8)1-6(13,5(11)12)2-4(9)10;2-1-3-5-4-1;/h13H,1-2H2,(H,7,8)(H,9,10)(H,11,12);;/q;;+1/p-1. The van der Waals surface area contributed by atoms with Gasteiger partial charge in [0.05, 0.1) is 6.42 Å². The van der Waals surface area contributed by atoms with Gasteiger partial charge in [-0.05, 0) is 0 Å². The molecule has 1 unspecified atom stereocenters. The number of carbonyl (C=O) groups excluding carboxylic acids is 1. The zero-order valence-electron chi connectivity index (χ0n) is 9.52. The van der Waals surface area contributed by atoms with Crippen molar-refractivity contribution >= 4 is 17.9 Å². The Balaban J connectivity index is 0. The fraction of sp³-hybridized carbons (Fsp3) is 0.429. The zero-order valence-corrected chi connectivity index (χ0v) is 11.5. The summed E-state index contributed by atoms with van der Waals surface area (Å²) in [7, 11) is 0. The van der Waals surface area contributed by atoms with Crippen molar-refractivity contribution in [3.05, 3.63) is 10.6 Å². The first-order chi connectivity index (χ1) is 8.17. The van der Waals surface area contributed by atoms with Gasteiger partial charge in [-0.25, -0.2) is 4.79 Å². The molecule has 1 rings (SSSR count). The monoisotopic (exact) mass is 290 g/mol. The van der Waals surface area contributed by atoms with Gasteiger partial charge in [0.15, 0.2) is 5.60 Å². The molecule has 0 aromatic carbocycles. The van der Waals surface area contributed by atoms with Crippen LogP contribution in [0.2, 0.25) is 0 Å². The Morgan fingerprint density at radius 2 is 1.58 bits per heavy atom. The van der Waals surface area contributed by atoms with E-state index in [0.717, 1.165) is 0 Å². The predicted octanol–water partition coefficient (Wildman–Crippen LogP) is -5.75. The average molecular weight is 290 g/mol. The maximum Gasteiger partial charge on any atom is 1.00 e. The number of aliphatic carboxylic acids is 3. The summed E-state index contributed by atoms with van der Waals surface area (Å²) >= 11 is 0. The van der Waals surface area contributed by atoms with Crippen LogP contribution < -0.4 is 40.5 Å². The van der Waals surface area contributed by atoms with Crippen molar-refractivity contribution in [3.63, 3.8) is 0 Å². The second kappa shape index (κ2) is 8.53. The summed E-state index contributed by atoms with van der Waals surface area (Å²) in [6, 6.07) is 0. The van der Waals surface area contributed by atoms with Crippen LogP contribution in [0.25, 0.3) is 0 Å². The van der Waals surface area contributed by atoms with Crippen molar-refractivity contribution < 1.29 is 78.3 Å². The Labute approximate surface area is 125 Å². The number of carbonyl (C=O) groups is 3. The SMILES string of the molecule is O=C([O-])CC(O)(CC(=O)O)C(=O)O.O=c1ooo1.[Na+]. The molecule has 1 aromatic rings. The first kappa shape index (κ1) is 19.8. The molecule has 1 atom stereocenters. The summed E-state index contributed by atoms with van der Waals surface area (Å²) in [5.41, 5.74) is -2.80. The minimum atomic E-state index is -2.80. The van der Waals surface area contributed by atoms with E-state index < -0.39 is 42.2 Å². The third-order valence-electron chi connectivity index (χ3n) is 1.48. The Morgan fingerprint density at radius 3 is 1.74 bits per heavy atom. The molecular weight excluding hydrogens is 283 g/mol. The van der Waals surface area contributed by atoms with Crippen molar-refractivity contribution in [2.45, 2.75) is 18.4 Å². The molecule has 12 heteroatoms. The fourth-order valence-electron chi connectivity index (χ4n) is 0.764. The summed E-state index contributed by atoms with van der Waals surface area (Å²) in [4.78, 5) is 39.7. The van der Waals surface area contributed by atoms with Crippen molar-refractivity contribution in [2.24, 2.45) is 0 Å². The number of hydrogen-bond acceptors (Lipinski definition) is 9. The van der Waals surface area contributed by atoms with Crippen LogP contribution >= 0.6 is 0 Å². The van der Waals surface area contributed by atoms with Gasteiger partial charge in [0, 0.05) is 12.4 Å². The second-order valence-electron chi connectivity index (χ2n) is 2.94. The normalized spacial score (nSPS) is 12.3. The molecule has 1 aromatic heterocycles. The number of rotatable bonds is 5. The van der Waals surface area contributed by atoms with Crippen LogP contribution in [-0.2, 0) is 14.4 Å². The maximum atomic E-state index is 10.3. The first-order valence-electron chi connectivity index (χ1n) is 4.10. The van der Waals surface area contributed by atoms with E-state index in [4.69, 9.17) is 15.3 Å². The van der Waals surface area contributed by atoms with Crippen LogP contribution in [0, 0.1) is 0 Å². The van der Waals surface area contributed by atoms with Gasteiger partial charge in [-0.2, -0.15) is 13.9 Å². The molecule has 0 fully saturated rings. The van der Waals surface area contributed by atoms with Crippen LogP contribution in [0.5, 0.6) is 0 Å². The molecule has 1 heterocycles. The van der Waals surface area contributed by atoms with E-state index >= 15 is 0 Å². The van der Waals surface area contributed by atoms with E-state index in [2.05, 4.69) is 13.9 Å². The number of aliphatic hydroxyl groups is 1. The van der Waals surface area contributed by atoms with Gasteiger partial charge in [0.2, 0.25) is 0 Å². The van der Waals surface area contributed by atoms with Crippen molar-refractivity contribution in [2.75, 3.05) is 0 Å². The van der Waals surface area contributed by atoms with Gasteiger partial charge in [-0.15, -0.1) is 0 Å². The summed E-state index contributed by atoms with van der Waals surface area (Å²) in [6.45, 7) is 0. The van der Waals surface area contributed by atoms with Gasteiger partial charge in [-0.3, -0.25) is 4.79 Å². The number of hydrogen-bond donors (Lipinski definition) is 3. The van der Waals surface area contributed by atoms with Crippen molar-refractivity contribution in [1.29, 1.82) is 0 Å². The first-order valence-corrected chi connectivity index (χ1v) is 4.10. The topological polar surface area (TPSA) is 191 Å². The Kier molecular flexibility index (Phi) is 8.87. The van der Waals surface area contributed by atoms with Gasteiger partial charge < -0.3 is 25.2 Å². The van der Waals surface area contributed by atoms with Crippen LogP contribution in [0.1, 0.15) is 12.8 Å². The Morgan fingerprint density at radius 1 is 1.16 bits per heavy atom. The van der Waals surface area contributed by atoms with Gasteiger partial charge >= 0.3 is 47.3 Å². The Bertz CT molecular complexity index is 437. The molecular formula is C7H7NaO11. The largest absolute Gasteiger partial charge is 1.00 e. The van der Waals surface area contributed by atoms with E-state index in [0.29, 0.717) is 0 Å². The molecule has 0 saturated carbocycles. The molecule has 0 amide bonds. The predicted molar refractivity (Wildman–Crippen MR) is 44.0 cm³/mol. The van der Waals surface area contributed by atoms with Gasteiger partial charge in [0.1, 0.15) is 0 Å². The molecule has 0 aliphatic rings. The molecule has 0 spiro atoms. The van der Waals surface area contributed by atoms with Crippen LogP contribution in [-0.4, -0.2) is 38.8 Å². The number of carboxylic acids is 3. The molecule has 0 aliphatic heterocycles. The zero-order chi connectivity index (χ0) is 14.3. The van der Waals surface area contributed by atoms with E-state index in [9.17, 15) is 24.3 Å². The molecule has 0 aliphatic carbocycles. The summed E-state index contributed by atoms with van der Waals surface area (Å²) in [5, 5.41) is 35.5. The molecule has 0 radical (unpaired) electrons. The Hall–Kier alpha value is -1.56. The van der Waals surface area contributed by atoms with Crippen LogP contribution in [0.15, 0.2) is 18.7 Å². The molecule has 0 bridgehead atoms. The minimum Gasteiger partial charge on any atom is -0.550 e. The third kappa shape index (κ3) is 8.20. The fourth-order valence-corrected chi connectivity index (χ4v) is 0.764. The quantitative estimate of drug-likeness (QED) is 0.345. The second-order valence-corrected chi connectivity index (χ2v) is 2.94. The molecule has 3 N–H and O–H groups in total. The molecule has 0 saturated heterocycles. The summed E-state index contributed by atoms with van der Waals surface area (Å²) in [6.07, 6.45) is -2.44. The average Bonchev–Trinajstić information content (AvgIpc) is 2.12. The van der Waals surface area contributed by atoms with Gasteiger partial charge in [0.25, 0.3) is 0 Å². The van der Waals surface area contributed by atoms with Crippen molar-refractivity contribution in [3.8, 4) is 0 Å². The van der Waals surface area contributed by atoms with Crippen LogP contribution in [0.4, 0.5) is 0 Å². The summed E-state index contributed by atoms with van der Waals surface area (Å²) in [5.74, 6) is -6.12. The maximum absolute atomic E-state index is 10.3. The summed E-state index contributed by atoms with van der Waals surface area (Å²) < 4.78 is 10.6. The van der Waals surface area contributed by atoms with E-state index in [-0.39, 0.29) is 29.6 Å². The van der Waals surface area contributed by atoms with Crippen molar-refractivity contribution in [1.82, 2.24) is 0 Å². The number of carboxylic acid groups (broad SMARTS) is 3.